The number of urea groups is 1. The number of hydrogen-bond acceptors (Lipinski definition) is 3. The summed E-state index contributed by atoms with van der Waals surface area (Å²) >= 11 is 0. The standard InChI is InChI=1S/C20H23N3O3/c1-14-3-2-4-18(13-14)26-17-7-5-16(6-8-17)22-19(24)15-9-11-23(12-10-15)20(21)25/h2-8,13,15H,9-12H2,1H3,(H2,21,25)(H,22,24). The van der Waals surface area contributed by atoms with Crippen molar-refractivity contribution >= 4 is 17.6 Å². The largest absolute Gasteiger partial charge is 0.457 e. The van der Waals surface area contributed by atoms with E-state index in [9.17, 15) is 9.59 Å². The first kappa shape index (κ1) is 17.8. The quantitative estimate of drug-likeness (QED) is 0.882. The van der Waals surface area contributed by atoms with Crippen molar-refractivity contribution in [2.24, 2.45) is 11.7 Å². The molecule has 3 N–H and O–H groups in total. The Kier molecular flexibility index (Phi) is 5.41. The van der Waals surface area contributed by atoms with Crippen LogP contribution in [0, 0.1) is 12.8 Å². The van der Waals surface area contributed by atoms with Crippen molar-refractivity contribution in [3.05, 3.63) is 54.1 Å². The van der Waals surface area contributed by atoms with Crippen LogP contribution in [0.15, 0.2) is 48.5 Å². The summed E-state index contributed by atoms with van der Waals surface area (Å²) < 4.78 is 5.81. The zero-order valence-electron chi connectivity index (χ0n) is 14.8. The molecule has 136 valence electrons. The van der Waals surface area contributed by atoms with Crippen molar-refractivity contribution < 1.29 is 14.3 Å². The lowest BCUT2D eigenvalue weighted by Gasteiger charge is -2.29. The summed E-state index contributed by atoms with van der Waals surface area (Å²) in [6.45, 7) is 3.06. The third-order valence-electron chi connectivity index (χ3n) is 4.52. The number of nitrogens with zero attached hydrogens (tertiary/aromatic N) is 1. The number of carbonyl (C=O) groups excluding carboxylic acids is 2. The molecule has 0 bridgehead atoms. The third-order valence-corrected chi connectivity index (χ3v) is 4.52. The monoisotopic (exact) mass is 353 g/mol. The van der Waals surface area contributed by atoms with Gasteiger partial charge in [-0.15, -0.1) is 0 Å². The summed E-state index contributed by atoms with van der Waals surface area (Å²) in [5.41, 5.74) is 7.12. The van der Waals surface area contributed by atoms with E-state index in [4.69, 9.17) is 10.5 Å². The summed E-state index contributed by atoms with van der Waals surface area (Å²) in [5.74, 6) is 1.36. The van der Waals surface area contributed by atoms with Gasteiger partial charge in [0.1, 0.15) is 11.5 Å². The first-order valence-electron chi connectivity index (χ1n) is 8.71. The van der Waals surface area contributed by atoms with E-state index in [0.29, 0.717) is 31.7 Å². The molecule has 3 amide bonds. The molecule has 0 aromatic heterocycles. The van der Waals surface area contributed by atoms with Crippen molar-refractivity contribution in [2.45, 2.75) is 19.8 Å². The molecule has 6 nitrogen and oxygen atoms in total. The maximum absolute atomic E-state index is 12.4. The van der Waals surface area contributed by atoms with Gasteiger partial charge in [0, 0.05) is 24.7 Å². The van der Waals surface area contributed by atoms with Crippen LogP contribution >= 0.6 is 0 Å². The van der Waals surface area contributed by atoms with Gasteiger partial charge in [0.15, 0.2) is 0 Å². The second-order valence-electron chi connectivity index (χ2n) is 6.53. The minimum Gasteiger partial charge on any atom is -0.457 e. The Balaban J connectivity index is 1.54. The maximum Gasteiger partial charge on any atom is 0.314 e. The summed E-state index contributed by atoms with van der Waals surface area (Å²) in [6, 6.07) is 14.7. The molecule has 0 spiro atoms. The van der Waals surface area contributed by atoms with Gasteiger partial charge in [0.05, 0.1) is 0 Å². The number of nitrogens with two attached hydrogens (primary N) is 1. The number of anilines is 1. The molecule has 1 aliphatic heterocycles. The zero-order valence-corrected chi connectivity index (χ0v) is 14.8. The lowest BCUT2D eigenvalue weighted by atomic mass is 9.96. The molecule has 0 saturated carbocycles. The number of carbonyl (C=O) groups is 2. The molecule has 1 fully saturated rings. The minimum absolute atomic E-state index is 0.0264. The highest BCUT2D eigenvalue weighted by molar-refractivity contribution is 5.92. The maximum atomic E-state index is 12.4. The second-order valence-corrected chi connectivity index (χ2v) is 6.53. The van der Waals surface area contributed by atoms with Crippen molar-refractivity contribution in [3.63, 3.8) is 0 Å². The van der Waals surface area contributed by atoms with E-state index in [0.717, 1.165) is 17.0 Å². The fourth-order valence-electron chi connectivity index (χ4n) is 3.03. The smallest absolute Gasteiger partial charge is 0.314 e. The van der Waals surface area contributed by atoms with Crippen LogP contribution in [0.3, 0.4) is 0 Å². The minimum atomic E-state index is -0.423. The van der Waals surface area contributed by atoms with Crippen molar-refractivity contribution in [2.75, 3.05) is 18.4 Å². The highest BCUT2D eigenvalue weighted by atomic mass is 16.5. The number of hydrogen-bond donors (Lipinski definition) is 2. The topological polar surface area (TPSA) is 84.7 Å². The van der Waals surface area contributed by atoms with E-state index in [1.807, 2.05) is 55.5 Å². The van der Waals surface area contributed by atoms with Crippen molar-refractivity contribution in [1.29, 1.82) is 0 Å². The molecule has 26 heavy (non-hydrogen) atoms. The van der Waals surface area contributed by atoms with Crippen LogP contribution in [0.5, 0.6) is 11.5 Å². The number of aryl methyl sites for hydroxylation is 1. The number of ether oxygens (including phenoxy) is 1. The predicted molar refractivity (Wildman–Crippen MR) is 100 cm³/mol. The number of primary amides is 1. The van der Waals surface area contributed by atoms with Crippen molar-refractivity contribution in [1.82, 2.24) is 4.90 Å². The van der Waals surface area contributed by atoms with Gasteiger partial charge in [0.2, 0.25) is 5.91 Å². The van der Waals surface area contributed by atoms with Crippen LogP contribution < -0.4 is 15.8 Å². The van der Waals surface area contributed by atoms with Gasteiger partial charge >= 0.3 is 6.03 Å². The average molecular weight is 353 g/mol. The van der Waals surface area contributed by atoms with E-state index >= 15 is 0 Å². The summed E-state index contributed by atoms with van der Waals surface area (Å²) in [4.78, 5) is 25.1. The fourth-order valence-corrected chi connectivity index (χ4v) is 3.03. The first-order valence-corrected chi connectivity index (χ1v) is 8.71. The summed E-state index contributed by atoms with van der Waals surface area (Å²) in [6.07, 6.45) is 1.26. The molecule has 2 aromatic rings. The van der Waals surface area contributed by atoms with Gasteiger partial charge in [-0.1, -0.05) is 12.1 Å². The van der Waals surface area contributed by atoms with Crippen LogP contribution in [-0.4, -0.2) is 29.9 Å². The Morgan fingerprint density at radius 1 is 1.08 bits per heavy atom. The van der Waals surface area contributed by atoms with Gasteiger partial charge in [-0.05, 0) is 61.7 Å². The van der Waals surface area contributed by atoms with Gasteiger partial charge < -0.3 is 20.7 Å². The molecule has 0 aliphatic carbocycles. The zero-order chi connectivity index (χ0) is 18.5. The van der Waals surface area contributed by atoms with Crippen LogP contribution in [0.2, 0.25) is 0 Å². The highest BCUT2D eigenvalue weighted by Crippen LogP contribution is 2.25. The van der Waals surface area contributed by atoms with E-state index < -0.39 is 6.03 Å². The highest BCUT2D eigenvalue weighted by Gasteiger charge is 2.26. The molecule has 1 heterocycles. The van der Waals surface area contributed by atoms with E-state index in [2.05, 4.69) is 5.32 Å². The van der Waals surface area contributed by atoms with Crippen LogP contribution in [0.1, 0.15) is 18.4 Å². The molecular formula is C20H23N3O3. The number of rotatable bonds is 4. The molecule has 0 radical (unpaired) electrons. The van der Waals surface area contributed by atoms with E-state index in [1.54, 1.807) is 4.90 Å². The van der Waals surface area contributed by atoms with Crippen LogP contribution in [0.25, 0.3) is 0 Å². The van der Waals surface area contributed by atoms with Crippen LogP contribution in [-0.2, 0) is 4.79 Å². The lowest BCUT2D eigenvalue weighted by molar-refractivity contribution is -0.121. The molecule has 6 heteroatoms. The predicted octanol–water partition coefficient (Wildman–Crippen LogP) is 3.52. The average Bonchev–Trinajstić information content (AvgIpc) is 2.63. The molecule has 1 saturated heterocycles. The molecule has 0 atom stereocenters. The molecule has 3 rings (SSSR count). The van der Waals surface area contributed by atoms with Gasteiger partial charge in [0.25, 0.3) is 0 Å². The number of amides is 3. The normalized spacial score (nSPS) is 14.7. The van der Waals surface area contributed by atoms with Gasteiger partial charge in [-0.2, -0.15) is 0 Å². The van der Waals surface area contributed by atoms with E-state index in [-0.39, 0.29) is 11.8 Å². The Morgan fingerprint density at radius 2 is 1.77 bits per heavy atom. The number of nitrogens with one attached hydrogen (secondary N) is 1. The Morgan fingerprint density at radius 3 is 2.38 bits per heavy atom. The third kappa shape index (κ3) is 4.53. The number of piperidine rings is 1. The second kappa shape index (κ2) is 7.91. The Hall–Kier alpha value is -3.02. The molecule has 1 aliphatic rings. The van der Waals surface area contributed by atoms with Gasteiger partial charge in [-0.25, -0.2) is 4.79 Å². The van der Waals surface area contributed by atoms with Gasteiger partial charge in [-0.3, -0.25) is 4.79 Å². The SMILES string of the molecule is Cc1cccc(Oc2ccc(NC(=O)C3CCN(C(N)=O)CC3)cc2)c1. The Bertz CT molecular complexity index is 781. The van der Waals surface area contributed by atoms with Crippen LogP contribution in [0.4, 0.5) is 10.5 Å². The summed E-state index contributed by atoms with van der Waals surface area (Å²) in [5, 5.41) is 2.93. The van der Waals surface area contributed by atoms with Crippen molar-refractivity contribution in [3.8, 4) is 11.5 Å². The molecular weight excluding hydrogens is 330 g/mol. The molecule has 0 unspecified atom stereocenters. The van der Waals surface area contributed by atoms with E-state index in [1.165, 1.54) is 0 Å². The lowest BCUT2D eigenvalue weighted by Crippen LogP contribution is -2.43. The summed E-state index contributed by atoms with van der Waals surface area (Å²) in [7, 11) is 0. The fraction of sp³-hybridized carbons (Fsp3) is 0.300. The number of likely N-dealkylation sites (tertiary alicyclic amines) is 1. The molecule has 2 aromatic carbocycles. The first-order chi connectivity index (χ1) is 12.5. The number of benzene rings is 2. The Labute approximate surface area is 152 Å².